The van der Waals surface area contributed by atoms with Crippen LogP contribution in [0.5, 0.6) is 0 Å². The lowest BCUT2D eigenvalue weighted by molar-refractivity contribution is 0.262. The molecule has 0 aliphatic carbocycles. The summed E-state index contributed by atoms with van der Waals surface area (Å²) in [6, 6.07) is 22.9. The van der Waals surface area contributed by atoms with Crippen LogP contribution in [-0.4, -0.2) is 15.4 Å². The number of pyridine rings is 1. The summed E-state index contributed by atoms with van der Waals surface area (Å²) in [5, 5.41) is 5.86. The first-order valence-electron chi connectivity index (χ1n) is 8.38. The van der Waals surface area contributed by atoms with Crippen LogP contribution >= 0.6 is 0 Å². The lowest BCUT2D eigenvalue weighted by Gasteiger charge is -2.11. The van der Waals surface area contributed by atoms with Crippen LogP contribution in [-0.2, 0) is 0 Å². The third-order valence-electron chi connectivity index (χ3n) is 4.20. The fourth-order valence-electron chi connectivity index (χ4n) is 2.89. The zero-order valence-electron chi connectivity index (χ0n) is 14.3. The average molecular weight is 342 g/mol. The van der Waals surface area contributed by atoms with Crippen molar-refractivity contribution in [1.29, 1.82) is 0 Å². The quantitative estimate of drug-likeness (QED) is 0.553. The molecule has 0 unspecified atom stereocenters. The highest BCUT2D eigenvalue weighted by molar-refractivity contribution is 6.02. The predicted molar refractivity (Wildman–Crippen MR) is 104 cm³/mol. The van der Waals surface area contributed by atoms with E-state index in [1.165, 1.54) is 0 Å². The van der Waals surface area contributed by atoms with Gasteiger partial charge in [0.15, 0.2) is 0 Å². The first-order valence-corrected chi connectivity index (χ1v) is 8.38. The zero-order chi connectivity index (χ0) is 17.9. The standard InChI is InChI=1S/C21H18N4O/c1-15-9-5-6-12-17(15)22-21(26)24-20-19(16-10-3-2-4-11-16)23-18-13-7-8-14-25(18)20/h2-14H,1H3,(H2,22,24,26). The molecule has 0 aliphatic rings. The summed E-state index contributed by atoms with van der Waals surface area (Å²) in [5.41, 5.74) is 4.24. The Labute approximate surface area is 151 Å². The molecule has 26 heavy (non-hydrogen) atoms. The summed E-state index contributed by atoms with van der Waals surface area (Å²) in [6.45, 7) is 1.96. The van der Waals surface area contributed by atoms with Gasteiger partial charge in [0, 0.05) is 17.4 Å². The minimum Gasteiger partial charge on any atom is -0.307 e. The molecule has 2 aromatic carbocycles. The van der Waals surface area contributed by atoms with Crippen LogP contribution in [0.15, 0.2) is 79.0 Å². The Morgan fingerprint density at radius 3 is 2.42 bits per heavy atom. The molecular weight excluding hydrogens is 324 g/mol. The zero-order valence-corrected chi connectivity index (χ0v) is 14.3. The summed E-state index contributed by atoms with van der Waals surface area (Å²) in [7, 11) is 0. The molecule has 2 aromatic heterocycles. The second-order valence-electron chi connectivity index (χ2n) is 6.00. The lowest BCUT2D eigenvalue weighted by Crippen LogP contribution is -2.21. The summed E-state index contributed by atoms with van der Waals surface area (Å²) in [5.74, 6) is 0.637. The number of nitrogens with zero attached hydrogens (tertiary/aromatic N) is 2. The van der Waals surface area contributed by atoms with Gasteiger partial charge in [-0.2, -0.15) is 0 Å². The molecule has 4 aromatic rings. The summed E-state index contributed by atoms with van der Waals surface area (Å²) >= 11 is 0. The van der Waals surface area contributed by atoms with E-state index in [-0.39, 0.29) is 6.03 Å². The summed E-state index contributed by atoms with van der Waals surface area (Å²) in [6.07, 6.45) is 1.89. The molecule has 5 nitrogen and oxygen atoms in total. The Morgan fingerprint density at radius 2 is 1.62 bits per heavy atom. The molecule has 0 atom stereocenters. The number of aromatic nitrogens is 2. The van der Waals surface area contributed by atoms with E-state index in [0.717, 1.165) is 28.2 Å². The number of carbonyl (C=O) groups is 1. The number of amides is 2. The van der Waals surface area contributed by atoms with E-state index in [1.807, 2.05) is 90.3 Å². The first-order chi connectivity index (χ1) is 12.7. The topological polar surface area (TPSA) is 58.4 Å². The molecule has 128 valence electrons. The molecule has 5 heteroatoms. The molecule has 4 rings (SSSR count). The second-order valence-corrected chi connectivity index (χ2v) is 6.00. The number of hydrogen-bond donors (Lipinski definition) is 2. The van der Waals surface area contributed by atoms with E-state index in [1.54, 1.807) is 0 Å². The van der Waals surface area contributed by atoms with Crippen molar-refractivity contribution in [2.75, 3.05) is 10.6 Å². The van der Waals surface area contributed by atoms with Crippen molar-refractivity contribution < 1.29 is 4.79 Å². The van der Waals surface area contributed by atoms with Crippen LogP contribution in [0.4, 0.5) is 16.3 Å². The molecular formula is C21H18N4O. The van der Waals surface area contributed by atoms with Gasteiger partial charge in [0.25, 0.3) is 0 Å². The molecule has 0 aliphatic heterocycles. The van der Waals surface area contributed by atoms with Gasteiger partial charge in [-0.3, -0.25) is 9.72 Å². The number of anilines is 2. The number of carbonyl (C=O) groups excluding carboxylic acids is 1. The highest BCUT2D eigenvalue weighted by atomic mass is 16.2. The highest BCUT2D eigenvalue weighted by Gasteiger charge is 2.16. The molecule has 0 saturated heterocycles. The molecule has 0 radical (unpaired) electrons. The van der Waals surface area contributed by atoms with Gasteiger partial charge in [-0.25, -0.2) is 9.78 Å². The molecule has 0 spiro atoms. The van der Waals surface area contributed by atoms with Crippen LogP contribution in [0.25, 0.3) is 16.9 Å². The van der Waals surface area contributed by atoms with Crippen LogP contribution in [0, 0.1) is 6.92 Å². The third-order valence-corrected chi connectivity index (χ3v) is 4.20. The van der Waals surface area contributed by atoms with Crippen molar-refractivity contribution in [3.63, 3.8) is 0 Å². The minimum atomic E-state index is -0.304. The van der Waals surface area contributed by atoms with Crippen LogP contribution in [0.2, 0.25) is 0 Å². The number of hydrogen-bond acceptors (Lipinski definition) is 2. The van der Waals surface area contributed by atoms with Gasteiger partial charge in [0.1, 0.15) is 17.2 Å². The van der Waals surface area contributed by atoms with E-state index < -0.39 is 0 Å². The van der Waals surface area contributed by atoms with Gasteiger partial charge in [-0.15, -0.1) is 0 Å². The van der Waals surface area contributed by atoms with Gasteiger partial charge in [-0.05, 0) is 30.7 Å². The van der Waals surface area contributed by atoms with Crippen molar-refractivity contribution >= 4 is 23.2 Å². The number of urea groups is 1. The van der Waals surface area contributed by atoms with Gasteiger partial charge in [-0.1, -0.05) is 54.6 Å². The van der Waals surface area contributed by atoms with Crippen LogP contribution in [0.1, 0.15) is 5.56 Å². The third kappa shape index (κ3) is 3.02. The number of aryl methyl sites for hydroxylation is 1. The normalized spacial score (nSPS) is 10.7. The van der Waals surface area contributed by atoms with Gasteiger partial charge >= 0.3 is 6.03 Å². The average Bonchev–Trinajstić information content (AvgIpc) is 3.03. The maximum absolute atomic E-state index is 12.6. The van der Waals surface area contributed by atoms with Crippen LogP contribution < -0.4 is 10.6 Å². The van der Waals surface area contributed by atoms with E-state index in [9.17, 15) is 4.79 Å². The Morgan fingerprint density at radius 1 is 0.885 bits per heavy atom. The fourth-order valence-corrected chi connectivity index (χ4v) is 2.89. The smallest absolute Gasteiger partial charge is 0.307 e. The van der Waals surface area contributed by atoms with Crippen molar-refractivity contribution in [3.05, 3.63) is 84.6 Å². The van der Waals surface area contributed by atoms with E-state index >= 15 is 0 Å². The van der Waals surface area contributed by atoms with Crippen molar-refractivity contribution in [2.24, 2.45) is 0 Å². The number of imidazole rings is 1. The first kappa shape index (κ1) is 15.9. The van der Waals surface area contributed by atoms with E-state index in [2.05, 4.69) is 15.6 Å². The molecule has 0 saturated carbocycles. The van der Waals surface area contributed by atoms with Gasteiger partial charge in [0.05, 0.1) is 0 Å². The summed E-state index contributed by atoms with van der Waals surface area (Å²) in [4.78, 5) is 17.3. The highest BCUT2D eigenvalue weighted by Crippen LogP contribution is 2.28. The number of nitrogens with one attached hydrogen (secondary N) is 2. The van der Waals surface area contributed by atoms with E-state index in [0.29, 0.717) is 5.82 Å². The maximum Gasteiger partial charge on any atom is 0.324 e. The molecule has 2 heterocycles. The molecule has 0 bridgehead atoms. The Bertz CT molecular complexity index is 1070. The van der Waals surface area contributed by atoms with Crippen molar-refractivity contribution in [3.8, 4) is 11.3 Å². The SMILES string of the molecule is Cc1ccccc1NC(=O)Nc1c(-c2ccccc2)nc2ccccn12. The van der Waals surface area contributed by atoms with Gasteiger partial charge in [0.2, 0.25) is 0 Å². The molecule has 0 fully saturated rings. The molecule has 2 amide bonds. The maximum atomic E-state index is 12.6. The lowest BCUT2D eigenvalue weighted by atomic mass is 10.1. The fraction of sp³-hybridized carbons (Fsp3) is 0.0476. The van der Waals surface area contributed by atoms with E-state index in [4.69, 9.17) is 0 Å². The Hall–Kier alpha value is -3.60. The predicted octanol–water partition coefficient (Wildman–Crippen LogP) is 4.95. The second kappa shape index (κ2) is 6.72. The Balaban J connectivity index is 1.71. The number of benzene rings is 2. The number of para-hydroxylation sites is 1. The number of rotatable bonds is 3. The van der Waals surface area contributed by atoms with Crippen molar-refractivity contribution in [1.82, 2.24) is 9.38 Å². The van der Waals surface area contributed by atoms with Gasteiger partial charge < -0.3 is 5.32 Å². The Kier molecular flexibility index (Phi) is 4.11. The van der Waals surface area contributed by atoms with Crippen molar-refractivity contribution in [2.45, 2.75) is 6.92 Å². The molecule has 2 N–H and O–H groups in total. The minimum absolute atomic E-state index is 0.304. The largest absolute Gasteiger partial charge is 0.324 e. The number of fused-ring (bicyclic) bond motifs is 1. The van der Waals surface area contributed by atoms with Crippen LogP contribution in [0.3, 0.4) is 0 Å². The monoisotopic (exact) mass is 342 g/mol. The summed E-state index contributed by atoms with van der Waals surface area (Å²) < 4.78 is 1.87.